The van der Waals surface area contributed by atoms with Crippen LogP contribution in [-0.2, 0) is 16.0 Å². The third kappa shape index (κ3) is 7.52. The van der Waals surface area contributed by atoms with Gasteiger partial charge < -0.3 is 15.5 Å². The fourth-order valence-electron chi connectivity index (χ4n) is 3.35. The van der Waals surface area contributed by atoms with Crippen molar-refractivity contribution in [3.8, 4) is 0 Å². The Bertz CT molecular complexity index is 1200. The van der Waals surface area contributed by atoms with Crippen LogP contribution in [-0.4, -0.2) is 40.2 Å². The number of carbonyl (C=O) groups is 3. The van der Waals surface area contributed by atoms with E-state index < -0.39 is 5.91 Å². The first-order valence-corrected chi connectivity index (χ1v) is 12.6. The van der Waals surface area contributed by atoms with E-state index in [2.05, 4.69) is 15.6 Å². The summed E-state index contributed by atoms with van der Waals surface area (Å²) in [5.74, 6) is -0.943. The summed E-state index contributed by atoms with van der Waals surface area (Å²) < 4.78 is 0. The van der Waals surface area contributed by atoms with Crippen LogP contribution in [0.15, 0.2) is 53.9 Å². The zero-order chi connectivity index (χ0) is 25.5. The van der Waals surface area contributed by atoms with E-state index in [4.69, 9.17) is 23.2 Å². The van der Waals surface area contributed by atoms with Gasteiger partial charge in [0, 0.05) is 16.4 Å². The lowest BCUT2D eigenvalue weighted by molar-refractivity contribution is -0.121. The minimum absolute atomic E-state index is 0.0925. The number of nitrogens with one attached hydrogen (secondary N) is 2. The van der Waals surface area contributed by atoms with Crippen LogP contribution >= 0.6 is 34.5 Å². The van der Waals surface area contributed by atoms with Crippen LogP contribution in [0.3, 0.4) is 0 Å². The molecule has 3 aromatic rings. The van der Waals surface area contributed by atoms with E-state index in [1.807, 2.05) is 51.1 Å². The highest BCUT2D eigenvalue weighted by Crippen LogP contribution is 2.23. The Kier molecular flexibility index (Phi) is 9.26. The molecule has 10 heteroatoms. The number of benzene rings is 2. The maximum absolute atomic E-state index is 13.0. The second-order valence-electron chi connectivity index (χ2n) is 8.22. The largest absolute Gasteiger partial charge is 0.349 e. The van der Waals surface area contributed by atoms with Crippen LogP contribution in [0.5, 0.6) is 0 Å². The molecule has 0 bridgehead atoms. The molecule has 0 aliphatic rings. The Morgan fingerprint density at radius 2 is 1.74 bits per heavy atom. The molecule has 0 fully saturated rings. The van der Waals surface area contributed by atoms with Gasteiger partial charge in [0.15, 0.2) is 5.13 Å². The van der Waals surface area contributed by atoms with Crippen molar-refractivity contribution in [2.24, 2.45) is 0 Å². The molecule has 0 aliphatic heterocycles. The van der Waals surface area contributed by atoms with Gasteiger partial charge >= 0.3 is 0 Å². The molecule has 35 heavy (non-hydrogen) atoms. The van der Waals surface area contributed by atoms with Crippen LogP contribution in [0.1, 0.15) is 48.4 Å². The zero-order valence-electron chi connectivity index (χ0n) is 19.5. The van der Waals surface area contributed by atoms with Gasteiger partial charge in [-0.05, 0) is 44.5 Å². The van der Waals surface area contributed by atoms with Crippen molar-refractivity contribution in [2.45, 2.75) is 39.3 Å². The summed E-state index contributed by atoms with van der Waals surface area (Å²) in [4.78, 5) is 43.8. The van der Waals surface area contributed by atoms with Gasteiger partial charge in [-0.3, -0.25) is 14.4 Å². The summed E-state index contributed by atoms with van der Waals surface area (Å²) in [6, 6.07) is 13.9. The van der Waals surface area contributed by atoms with E-state index in [1.165, 1.54) is 28.4 Å². The Hall–Kier alpha value is -2.94. The quantitative estimate of drug-likeness (QED) is 0.388. The van der Waals surface area contributed by atoms with Gasteiger partial charge in [-0.2, -0.15) is 0 Å². The number of nitrogens with zero attached hydrogens (tertiary/aromatic N) is 2. The second kappa shape index (κ2) is 12.2. The standard InChI is InChI=1S/C25H26Cl2N4O3S/c1-15(2)31(24(34)20-10-9-18(26)11-21(20)27)13-23(33)30-25-29-19(14-35-25)12-22(32)28-16(3)17-7-5-4-6-8-17/h4-11,14-16H,12-13H2,1-3H3,(H,28,32)(H,29,30,33). The van der Waals surface area contributed by atoms with E-state index in [-0.39, 0.29) is 47.4 Å². The normalized spacial score (nSPS) is 11.7. The molecule has 3 amide bonds. The topological polar surface area (TPSA) is 91.4 Å². The number of halogens is 2. The fourth-order valence-corrected chi connectivity index (χ4v) is 4.56. The van der Waals surface area contributed by atoms with Crippen LogP contribution in [0.2, 0.25) is 10.0 Å². The van der Waals surface area contributed by atoms with Gasteiger partial charge in [-0.15, -0.1) is 11.3 Å². The third-order valence-electron chi connectivity index (χ3n) is 5.18. The van der Waals surface area contributed by atoms with Crippen LogP contribution in [0.4, 0.5) is 5.13 Å². The van der Waals surface area contributed by atoms with Gasteiger partial charge in [0.25, 0.3) is 5.91 Å². The first-order chi connectivity index (χ1) is 16.6. The van der Waals surface area contributed by atoms with Gasteiger partial charge in [0.2, 0.25) is 11.8 Å². The fraction of sp³-hybridized carbons (Fsp3) is 0.280. The van der Waals surface area contributed by atoms with Crippen molar-refractivity contribution >= 4 is 57.4 Å². The summed E-state index contributed by atoms with van der Waals surface area (Å²) in [5.41, 5.74) is 1.83. The van der Waals surface area contributed by atoms with Crippen molar-refractivity contribution in [3.05, 3.63) is 80.8 Å². The van der Waals surface area contributed by atoms with Gasteiger partial charge in [-0.25, -0.2) is 4.98 Å². The molecule has 0 radical (unpaired) electrons. The van der Waals surface area contributed by atoms with Crippen LogP contribution < -0.4 is 10.6 Å². The Morgan fingerprint density at radius 1 is 1.03 bits per heavy atom. The number of carbonyl (C=O) groups excluding carboxylic acids is 3. The number of hydrogen-bond acceptors (Lipinski definition) is 5. The average Bonchev–Trinajstić information content (AvgIpc) is 3.23. The molecule has 1 unspecified atom stereocenters. The molecule has 184 valence electrons. The lowest BCUT2D eigenvalue weighted by Crippen LogP contribution is -2.42. The Balaban J connectivity index is 1.57. The molecular weight excluding hydrogens is 507 g/mol. The van der Waals surface area contributed by atoms with E-state index >= 15 is 0 Å². The monoisotopic (exact) mass is 532 g/mol. The van der Waals surface area contributed by atoms with Crippen molar-refractivity contribution in [3.63, 3.8) is 0 Å². The molecule has 1 aromatic heterocycles. The van der Waals surface area contributed by atoms with Crippen molar-refractivity contribution in [1.29, 1.82) is 0 Å². The van der Waals surface area contributed by atoms with E-state index in [0.717, 1.165) is 5.56 Å². The minimum Gasteiger partial charge on any atom is -0.349 e. The van der Waals surface area contributed by atoms with E-state index in [9.17, 15) is 14.4 Å². The third-order valence-corrected chi connectivity index (χ3v) is 6.53. The predicted octanol–water partition coefficient (Wildman–Crippen LogP) is 5.36. The molecule has 0 saturated carbocycles. The number of amides is 3. The molecule has 0 spiro atoms. The Morgan fingerprint density at radius 3 is 2.40 bits per heavy atom. The van der Waals surface area contributed by atoms with Crippen LogP contribution in [0, 0.1) is 0 Å². The lowest BCUT2D eigenvalue weighted by atomic mass is 10.1. The van der Waals surface area contributed by atoms with E-state index in [1.54, 1.807) is 11.4 Å². The first-order valence-electron chi connectivity index (χ1n) is 11.0. The minimum atomic E-state index is -0.403. The number of rotatable bonds is 9. The highest BCUT2D eigenvalue weighted by atomic mass is 35.5. The number of thiazole rings is 1. The highest BCUT2D eigenvalue weighted by Gasteiger charge is 2.24. The number of hydrogen-bond donors (Lipinski definition) is 2. The Labute approximate surface area is 218 Å². The zero-order valence-corrected chi connectivity index (χ0v) is 21.9. The second-order valence-corrected chi connectivity index (χ2v) is 9.92. The van der Waals surface area contributed by atoms with Gasteiger partial charge in [0.1, 0.15) is 6.54 Å². The maximum Gasteiger partial charge on any atom is 0.256 e. The smallest absolute Gasteiger partial charge is 0.256 e. The maximum atomic E-state index is 13.0. The molecule has 2 N–H and O–H groups in total. The highest BCUT2D eigenvalue weighted by molar-refractivity contribution is 7.13. The van der Waals surface area contributed by atoms with Crippen LogP contribution in [0.25, 0.3) is 0 Å². The average molecular weight is 533 g/mol. The molecular formula is C25H26Cl2N4O3S. The first kappa shape index (κ1) is 26.7. The molecule has 1 atom stereocenters. The summed E-state index contributed by atoms with van der Waals surface area (Å²) in [6.07, 6.45) is 0.0925. The summed E-state index contributed by atoms with van der Waals surface area (Å²) in [5, 5.41) is 8.37. The van der Waals surface area contributed by atoms with Crippen molar-refractivity contribution in [1.82, 2.24) is 15.2 Å². The molecule has 7 nitrogen and oxygen atoms in total. The van der Waals surface area contributed by atoms with Gasteiger partial charge in [-0.1, -0.05) is 53.5 Å². The molecule has 0 aliphatic carbocycles. The predicted molar refractivity (Wildman–Crippen MR) is 140 cm³/mol. The van der Waals surface area contributed by atoms with E-state index in [0.29, 0.717) is 15.8 Å². The number of anilines is 1. The molecule has 0 saturated heterocycles. The number of aromatic nitrogens is 1. The van der Waals surface area contributed by atoms with Crippen molar-refractivity contribution in [2.75, 3.05) is 11.9 Å². The lowest BCUT2D eigenvalue weighted by Gasteiger charge is -2.26. The summed E-state index contributed by atoms with van der Waals surface area (Å²) in [6.45, 7) is 5.36. The summed E-state index contributed by atoms with van der Waals surface area (Å²) >= 11 is 13.3. The summed E-state index contributed by atoms with van der Waals surface area (Å²) in [7, 11) is 0. The molecule has 2 aromatic carbocycles. The molecule has 1 heterocycles. The van der Waals surface area contributed by atoms with Crippen molar-refractivity contribution < 1.29 is 14.4 Å². The van der Waals surface area contributed by atoms with Gasteiger partial charge in [0.05, 0.1) is 28.7 Å². The molecule has 3 rings (SSSR count). The SMILES string of the molecule is CC(NC(=O)Cc1csc(NC(=O)CN(C(=O)c2ccc(Cl)cc2Cl)C(C)C)n1)c1ccccc1.